The maximum atomic E-state index is 13.6. The molecule has 38 heavy (non-hydrogen) atoms. The third kappa shape index (κ3) is 5.36. The molecular weight excluding hydrogens is 486 g/mol. The molecule has 3 aromatic carbocycles. The normalized spacial score (nSPS) is 12.1. The Kier molecular flexibility index (Phi) is 6.84. The molecule has 0 unspecified atom stereocenters. The number of rotatable bonds is 7. The maximum absolute atomic E-state index is 13.6. The molecule has 0 bridgehead atoms. The van der Waals surface area contributed by atoms with E-state index < -0.39 is 8.32 Å². The Morgan fingerprint density at radius 1 is 0.868 bits per heavy atom. The van der Waals surface area contributed by atoms with Crippen LogP contribution in [0.2, 0.25) is 18.1 Å². The first-order valence-electron chi connectivity index (χ1n) is 13.1. The average Bonchev–Trinajstić information content (AvgIpc) is 3.20. The highest BCUT2D eigenvalue weighted by Gasteiger charge is 2.39. The lowest BCUT2D eigenvalue weighted by molar-refractivity contribution is 0.492. The second-order valence-corrected chi connectivity index (χ2v) is 16.1. The predicted octanol–water partition coefficient (Wildman–Crippen LogP) is 7.23. The van der Waals surface area contributed by atoms with Crippen molar-refractivity contribution in [3.8, 4) is 22.8 Å². The standard InChI is InChI=1S/C32H35N3O2Si/c1-32(2,3)38(4,5)37-26-18-12-17-25(21-26)29-22-35-30(27(33-29)19-23-13-8-6-9-14-23)34-28(31(35)36)20-24-15-10-7-11-16-24/h6-18,21-22,33H,19-20H2,1-5H3. The molecular formula is C32H35N3O2Si. The largest absolute Gasteiger partial charge is 0.543 e. The van der Waals surface area contributed by atoms with Gasteiger partial charge in [-0.3, -0.25) is 9.36 Å². The molecule has 0 aromatic heterocycles. The van der Waals surface area contributed by atoms with E-state index in [9.17, 15) is 4.79 Å². The van der Waals surface area contributed by atoms with Crippen LogP contribution in [0.15, 0.2) is 95.9 Å². The van der Waals surface area contributed by atoms with Crippen LogP contribution in [0, 0.1) is 0 Å². The Hall–Kier alpha value is -3.90. The zero-order valence-corrected chi connectivity index (χ0v) is 23.8. The Balaban J connectivity index is 1.60. The Labute approximate surface area is 225 Å². The van der Waals surface area contributed by atoms with Crippen LogP contribution in [-0.2, 0) is 12.8 Å². The first kappa shape index (κ1) is 25.7. The van der Waals surface area contributed by atoms with Crippen molar-refractivity contribution in [2.24, 2.45) is 0 Å². The molecule has 6 heteroatoms. The molecule has 2 aliphatic rings. The van der Waals surface area contributed by atoms with Crippen molar-refractivity contribution in [1.82, 2.24) is 14.5 Å². The van der Waals surface area contributed by atoms with Crippen molar-refractivity contribution in [2.75, 3.05) is 0 Å². The summed E-state index contributed by atoms with van der Waals surface area (Å²) in [5.41, 5.74) is 5.41. The van der Waals surface area contributed by atoms with Crippen LogP contribution in [0.3, 0.4) is 0 Å². The Bertz CT molecular complexity index is 1560. The quantitative estimate of drug-likeness (QED) is 0.230. The summed E-state index contributed by atoms with van der Waals surface area (Å²) < 4.78 is 8.28. The number of hydrogen-bond acceptors (Lipinski definition) is 3. The third-order valence-corrected chi connectivity index (χ3v) is 11.9. The van der Waals surface area contributed by atoms with E-state index in [0.29, 0.717) is 24.4 Å². The molecule has 5 rings (SSSR count). The van der Waals surface area contributed by atoms with Crippen molar-refractivity contribution < 1.29 is 4.43 Å². The number of benzene rings is 3. The smallest absolute Gasteiger partial charge is 0.278 e. The van der Waals surface area contributed by atoms with Gasteiger partial charge in [0, 0.05) is 24.6 Å². The van der Waals surface area contributed by atoms with Crippen LogP contribution in [0.5, 0.6) is 5.75 Å². The van der Waals surface area contributed by atoms with Gasteiger partial charge in [-0.25, -0.2) is 4.98 Å². The summed E-state index contributed by atoms with van der Waals surface area (Å²) in [6.07, 6.45) is 3.01. The van der Waals surface area contributed by atoms with E-state index in [4.69, 9.17) is 9.41 Å². The molecule has 0 aliphatic carbocycles. The summed E-state index contributed by atoms with van der Waals surface area (Å²) in [5.74, 6) is 1.52. The van der Waals surface area contributed by atoms with Gasteiger partial charge < -0.3 is 9.41 Å². The number of nitrogens with zero attached hydrogens (tertiary/aromatic N) is 2. The number of fused-ring (bicyclic) bond motifs is 1. The first-order valence-corrected chi connectivity index (χ1v) is 16.0. The first-order chi connectivity index (χ1) is 18.1. The topological polar surface area (TPSA) is 59.9 Å². The minimum atomic E-state index is -1.99. The fourth-order valence-corrected chi connectivity index (χ4v) is 5.35. The van der Waals surface area contributed by atoms with E-state index in [-0.39, 0.29) is 10.6 Å². The molecule has 0 amide bonds. The van der Waals surface area contributed by atoms with Gasteiger partial charge in [0.2, 0.25) is 8.32 Å². The van der Waals surface area contributed by atoms with Crippen LogP contribution < -0.4 is 9.99 Å². The molecule has 0 saturated carbocycles. The van der Waals surface area contributed by atoms with Gasteiger partial charge in [-0.05, 0) is 41.4 Å². The van der Waals surface area contributed by atoms with E-state index in [1.165, 1.54) is 0 Å². The van der Waals surface area contributed by atoms with Gasteiger partial charge in [0.25, 0.3) is 5.56 Å². The summed E-state index contributed by atoms with van der Waals surface area (Å²) in [7, 11) is -1.99. The van der Waals surface area contributed by atoms with Crippen molar-refractivity contribution in [3.05, 3.63) is 124 Å². The van der Waals surface area contributed by atoms with Crippen molar-refractivity contribution in [3.63, 3.8) is 0 Å². The number of H-pyrrole nitrogens is 1. The molecule has 2 aliphatic heterocycles. The molecule has 0 fully saturated rings. The number of hydrogen-bond donors (Lipinski definition) is 1. The van der Waals surface area contributed by atoms with E-state index in [2.05, 4.69) is 63.1 Å². The van der Waals surface area contributed by atoms with Crippen LogP contribution >= 0.6 is 0 Å². The molecule has 3 aromatic rings. The lowest BCUT2D eigenvalue weighted by Crippen LogP contribution is -2.43. The minimum Gasteiger partial charge on any atom is -0.543 e. The van der Waals surface area contributed by atoms with Crippen LogP contribution in [0.25, 0.3) is 17.1 Å². The van der Waals surface area contributed by atoms with Gasteiger partial charge in [-0.1, -0.05) is 93.6 Å². The molecule has 0 spiro atoms. The molecule has 0 atom stereocenters. The zero-order chi connectivity index (χ0) is 26.9. The Morgan fingerprint density at radius 2 is 1.50 bits per heavy atom. The van der Waals surface area contributed by atoms with E-state index in [0.717, 1.165) is 33.8 Å². The summed E-state index contributed by atoms with van der Waals surface area (Å²) >= 11 is 0. The second kappa shape index (κ2) is 10.1. The summed E-state index contributed by atoms with van der Waals surface area (Å²) in [5, 5.41) is 0.0975. The van der Waals surface area contributed by atoms with Crippen molar-refractivity contribution >= 4 is 8.32 Å². The van der Waals surface area contributed by atoms with Crippen LogP contribution in [0.4, 0.5) is 0 Å². The summed E-state index contributed by atoms with van der Waals surface area (Å²) in [6.45, 7) is 11.2. The zero-order valence-electron chi connectivity index (χ0n) is 22.8. The Morgan fingerprint density at radius 3 is 2.13 bits per heavy atom. The number of aromatic amines is 1. The maximum Gasteiger partial charge on any atom is 0.278 e. The highest BCUT2D eigenvalue weighted by molar-refractivity contribution is 6.74. The van der Waals surface area contributed by atoms with E-state index >= 15 is 0 Å². The van der Waals surface area contributed by atoms with Crippen molar-refractivity contribution in [2.45, 2.75) is 51.7 Å². The molecule has 5 nitrogen and oxygen atoms in total. The fraction of sp³-hybridized carbons (Fsp3) is 0.250. The summed E-state index contributed by atoms with van der Waals surface area (Å²) in [6, 6.07) is 28.4. The second-order valence-electron chi connectivity index (χ2n) is 11.4. The SMILES string of the molecule is CC(C)(C)[Si](C)(C)Oc1cccc(-c2cn3c(=O)c(Cc4ccccc4)nc-3c(Cc3ccccc3)[nH]2)c1. The summed E-state index contributed by atoms with van der Waals surface area (Å²) in [4.78, 5) is 22.0. The fourth-order valence-electron chi connectivity index (χ4n) is 4.33. The number of nitrogens with one attached hydrogen (secondary N) is 1. The molecule has 2 heterocycles. The molecule has 0 saturated heterocycles. The molecule has 1 N–H and O–H groups in total. The number of imidazole rings is 1. The van der Waals surface area contributed by atoms with E-state index in [1.807, 2.05) is 66.9 Å². The molecule has 194 valence electrons. The van der Waals surface area contributed by atoms with Crippen LogP contribution in [0.1, 0.15) is 43.3 Å². The van der Waals surface area contributed by atoms with Gasteiger partial charge in [-0.2, -0.15) is 0 Å². The highest BCUT2D eigenvalue weighted by Crippen LogP contribution is 2.38. The van der Waals surface area contributed by atoms with Gasteiger partial charge in [0.05, 0.1) is 11.4 Å². The molecule has 0 radical (unpaired) electrons. The highest BCUT2D eigenvalue weighted by atomic mass is 28.4. The lowest BCUT2D eigenvalue weighted by Gasteiger charge is -2.36. The van der Waals surface area contributed by atoms with Gasteiger partial charge in [0.1, 0.15) is 11.4 Å². The number of aromatic nitrogens is 3. The van der Waals surface area contributed by atoms with Crippen LogP contribution in [-0.4, -0.2) is 22.9 Å². The lowest BCUT2D eigenvalue weighted by atomic mass is 10.1. The monoisotopic (exact) mass is 521 g/mol. The van der Waals surface area contributed by atoms with Crippen molar-refractivity contribution in [1.29, 1.82) is 0 Å². The van der Waals surface area contributed by atoms with Gasteiger partial charge >= 0.3 is 0 Å². The third-order valence-electron chi connectivity index (χ3n) is 7.51. The van der Waals surface area contributed by atoms with Gasteiger partial charge in [0.15, 0.2) is 5.82 Å². The minimum absolute atomic E-state index is 0.0814. The average molecular weight is 522 g/mol. The predicted molar refractivity (Wildman–Crippen MR) is 157 cm³/mol. The van der Waals surface area contributed by atoms with Gasteiger partial charge in [-0.15, -0.1) is 0 Å². The van der Waals surface area contributed by atoms with E-state index in [1.54, 1.807) is 4.57 Å².